The molecule has 138 valence electrons. The molecule has 27 heavy (non-hydrogen) atoms. The molecule has 3 rings (SSSR count). The van der Waals surface area contributed by atoms with Crippen molar-refractivity contribution in [1.82, 2.24) is 10.3 Å². The van der Waals surface area contributed by atoms with Crippen LogP contribution >= 0.6 is 0 Å². The third-order valence-electron chi connectivity index (χ3n) is 3.72. The number of nitrogens with zero attached hydrogens (tertiary/aromatic N) is 1. The molecule has 2 N–H and O–H groups in total. The third kappa shape index (κ3) is 4.22. The number of halogens is 4. The number of amides is 1. The second-order valence-corrected chi connectivity index (χ2v) is 5.55. The summed E-state index contributed by atoms with van der Waals surface area (Å²) in [6, 6.07) is 10.5. The highest BCUT2D eigenvalue weighted by molar-refractivity contribution is 5.94. The zero-order valence-electron chi connectivity index (χ0n) is 13.8. The van der Waals surface area contributed by atoms with Crippen LogP contribution in [0.4, 0.5) is 29.1 Å². The lowest BCUT2D eigenvalue weighted by Gasteiger charge is -2.10. The first-order valence-electron chi connectivity index (χ1n) is 7.84. The van der Waals surface area contributed by atoms with Crippen LogP contribution < -0.4 is 10.6 Å². The van der Waals surface area contributed by atoms with E-state index < -0.39 is 29.2 Å². The van der Waals surface area contributed by atoms with Gasteiger partial charge in [-0.3, -0.25) is 4.79 Å². The van der Waals surface area contributed by atoms with Gasteiger partial charge in [0, 0.05) is 23.9 Å². The molecular formula is C19H13F4N3O. The molecule has 0 fully saturated rings. The van der Waals surface area contributed by atoms with Gasteiger partial charge in [-0.25, -0.2) is 22.5 Å². The van der Waals surface area contributed by atoms with Gasteiger partial charge in [0.05, 0.1) is 5.69 Å². The Morgan fingerprint density at radius 3 is 2.48 bits per heavy atom. The maximum Gasteiger partial charge on any atom is 0.251 e. The van der Waals surface area contributed by atoms with E-state index in [-0.39, 0.29) is 23.6 Å². The number of hydrogen-bond acceptors (Lipinski definition) is 3. The second-order valence-electron chi connectivity index (χ2n) is 5.55. The van der Waals surface area contributed by atoms with Gasteiger partial charge in [-0.2, -0.15) is 0 Å². The van der Waals surface area contributed by atoms with Gasteiger partial charge in [0.1, 0.15) is 11.6 Å². The lowest BCUT2D eigenvalue weighted by Crippen LogP contribution is -2.23. The Bertz CT molecular complexity index is 994. The highest BCUT2D eigenvalue weighted by Crippen LogP contribution is 2.23. The molecule has 0 aliphatic carbocycles. The number of carbonyl (C=O) groups is 1. The Morgan fingerprint density at radius 1 is 0.926 bits per heavy atom. The fourth-order valence-electron chi connectivity index (χ4n) is 2.32. The average molecular weight is 375 g/mol. The summed E-state index contributed by atoms with van der Waals surface area (Å²) in [5.41, 5.74) is 0.166. The van der Waals surface area contributed by atoms with Crippen LogP contribution in [-0.4, -0.2) is 10.9 Å². The van der Waals surface area contributed by atoms with Crippen LogP contribution in [0.5, 0.6) is 0 Å². The smallest absolute Gasteiger partial charge is 0.251 e. The van der Waals surface area contributed by atoms with E-state index in [9.17, 15) is 22.4 Å². The highest BCUT2D eigenvalue weighted by Gasteiger charge is 2.14. The van der Waals surface area contributed by atoms with E-state index in [2.05, 4.69) is 15.6 Å². The SMILES string of the molecule is O=C(NCc1ccccc1F)c1ccnc(Nc2ccc(F)c(F)c2F)c1. The van der Waals surface area contributed by atoms with Crippen LogP contribution in [0.25, 0.3) is 0 Å². The number of hydrogen-bond donors (Lipinski definition) is 2. The average Bonchev–Trinajstić information content (AvgIpc) is 2.68. The molecule has 0 spiro atoms. The molecule has 1 heterocycles. The first kappa shape index (κ1) is 18.4. The third-order valence-corrected chi connectivity index (χ3v) is 3.72. The number of aromatic nitrogens is 1. The molecule has 0 saturated carbocycles. The minimum Gasteiger partial charge on any atom is -0.348 e. The predicted molar refractivity (Wildman–Crippen MR) is 91.4 cm³/mol. The number of pyridine rings is 1. The first-order valence-corrected chi connectivity index (χ1v) is 7.84. The number of anilines is 2. The van der Waals surface area contributed by atoms with E-state index in [0.717, 1.165) is 12.1 Å². The first-order chi connectivity index (χ1) is 13.0. The Hall–Kier alpha value is -3.42. The van der Waals surface area contributed by atoms with E-state index in [1.807, 2.05) is 0 Å². The van der Waals surface area contributed by atoms with Gasteiger partial charge in [0.2, 0.25) is 0 Å². The second kappa shape index (κ2) is 7.86. The Balaban J connectivity index is 1.73. The van der Waals surface area contributed by atoms with Gasteiger partial charge < -0.3 is 10.6 Å². The zero-order valence-corrected chi connectivity index (χ0v) is 13.8. The van der Waals surface area contributed by atoms with Gasteiger partial charge in [-0.05, 0) is 30.3 Å². The number of benzene rings is 2. The van der Waals surface area contributed by atoms with Crippen molar-refractivity contribution >= 4 is 17.4 Å². The van der Waals surface area contributed by atoms with Crippen molar-refractivity contribution in [3.05, 3.63) is 89.1 Å². The molecule has 0 aliphatic heterocycles. The lowest BCUT2D eigenvalue weighted by molar-refractivity contribution is 0.0950. The van der Waals surface area contributed by atoms with Crippen LogP contribution in [0.15, 0.2) is 54.7 Å². The highest BCUT2D eigenvalue weighted by atomic mass is 19.2. The molecular weight excluding hydrogens is 362 g/mol. The quantitative estimate of drug-likeness (QED) is 0.516. The summed E-state index contributed by atoms with van der Waals surface area (Å²) < 4.78 is 53.6. The summed E-state index contributed by atoms with van der Waals surface area (Å²) in [6.07, 6.45) is 1.29. The Labute approximate surface area is 151 Å². The summed E-state index contributed by atoms with van der Waals surface area (Å²) >= 11 is 0. The van der Waals surface area contributed by atoms with E-state index >= 15 is 0 Å². The number of carbonyl (C=O) groups excluding carboxylic acids is 1. The van der Waals surface area contributed by atoms with Crippen molar-refractivity contribution in [2.75, 3.05) is 5.32 Å². The van der Waals surface area contributed by atoms with Gasteiger partial charge in [-0.15, -0.1) is 0 Å². The Kier molecular flexibility index (Phi) is 5.35. The molecule has 2 aromatic carbocycles. The summed E-state index contributed by atoms with van der Waals surface area (Å²) in [6.45, 7) is -0.0195. The summed E-state index contributed by atoms with van der Waals surface area (Å²) in [7, 11) is 0. The molecule has 4 nitrogen and oxygen atoms in total. The number of nitrogens with one attached hydrogen (secondary N) is 2. The maximum absolute atomic E-state index is 13.7. The largest absolute Gasteiger partial charge is 0.348 e. The predicted octanol–water partition coefficient (Wildman–Crippen LogP) is 4.31. The van der Waals surface area contributed by atoms with E-state index in [1.165, 1.54) is 24.4 Å². The summed E-state index contributed by atoms with van der Waals surface area (Å²) in [5.74, 6) is -5.21. The van der Waals surface area contributed by atoms with Crippen molar-refractivity contribution in [2.45, 2.75) is 6.54 Å². The number of rotatable bonds is 5. The normalized spacial score (nSPS) is 10.5. The molecule has 8 heteroatoms. The van der Waals surface area contributed by atoms with Crippen molar-refractivity contribution < 1.29 is 22.4 Å². The standard InChI is InChI=1S/C19H13F4N3O/c20-13-4-2-1-3-12(13)10-25-19(27)11-7-8-24-16(9-11)26-15-6-5-14(21)17(22)18(15)23/h1-9H,10H2,(H,24,26)(H,25,27). The molecule has 0 unspecified atom stereocenters. The fraction of sp³-hybridized carbons (Fsp3) is 0.0526. The monoisotopic (exact) mass is 375 g/mol. The molecule has 3 aromatic rings. The Morgan fingerprint density at radius 2 is 1.70 bits per heavy atom. The van der Waals surface area contributed by atoms with E-state index in [1.54, 1.807) is 18.2 Å². The van der Waals surface area contributed by atoms with Crippen LogP contribution in [0.1, 0.15) is 15.9 Å². The van der Waals surface area contributed by atoms with Gasteiger partial charge in [0.15, 0.2) is 17.5 Å². The van der Waals surface area contributed by atoms with Crippen molar-refractivity contribution in [3.63, 3.8) is 0 Å². The van der Waals surface area contributed by atoms with Crippen LogP contribution in [-0.2, 0) is 6.54 Å². The van der Waals surface area contributed by atoms with Gasteiger partial charge in [0.25, 0.3) is 5.91 Å². The van der Waals surface area contributed by atoms with Crippen LogP contribution in [0, 0.1) is 23.3 Å². The zero-order chi connectivity index (χ0) is 19.4. The molecule has 0 saturated heterocycles. The molecule has 0 bridgehead atoms. The topological polar surface area (TPSA) is 54.0 Å². The van der Waals surface area contributed by atoms with Gasteiger partial charge >= 0.3 is 0 Å². The summed E-state index contributed by atoms with van der Waals surface area (Å²) in [5, 5.41) is 5.04. The molecule has 1 aromatic heterocycles. The van der Waals surface area contributed by atoms with Crippen molar-refractivity contribution in [3.8, 4) is 0 Å². The van der Waals surface area contributed by atoms with E-state index in [4.69, 9.17) is 0 Å². The van der Waals surface area contributed by atoms with Crippen molar-refractivity contribution in [2.24, 2.45) is 0 Å². The van der Waals surface area contributed by atoms with Crippen LogP contribution in [0.2, 0.25) is 0 Å². The molecule has 0 radical (unpaired) electrons. The molecule has 0 aliphatic rings. The minimum absolute atomic E-state index is 0.0195. The van der Waals surface area contributed by atoms with E-state index in [0.29, 0.717) is 5.56 Å². The summed E-state index contributed by atoms with van der Waals surface area (Å²) in [4.78, 5) is 16.1. The van der Waals surface area contributed by atoms with Crippen LogP contribution in [0.3, 0.4) is 0 Å². The molecule has 0 atom stereocenters. The molecule has 1 amide bonds. The fourth-order valence-corrected chi connectivity index (χ4v) is 2.32. The lowest BCUT2D eigenvalue weighted by atomic mass is 10.2. The van der Waals surface area contributed by atoms with Crippen molar-refractivity contribution in [1.29, 1.82) is 0 Å². The minimum atomic E-state index is -1.61. The van der Waals surface area contributed by atoms with Gasteiger partial charge in [-0.1, -0.05) is 18.2 Å². The maximum atomic E-state index is 13.7.